The average molecular weight is 414 g/mol. The second kappa shape index (κ2) is 6.73. The number of anilines is 1. The van der Waals surface area contributed by atoms with E-state index in [1.165, 1.54) is 6.20 Å². The number of hydrogen-bond donors (Lipinski definition) is 2. The molecule has 5 rings (SSSR count). The second-order valence-corrected chi connectivity index (χ2v) is 8.28. The van der Waals surface area contributed by atoms with Crippen molar-refractivity contribution in [1.82, 2.24) is 4.68 Å². The number of pyridine rings is 1. The SMILES string of the molecule is CN1COc2c(N3CC4C=CCC(CN)C4C3)c(F)cc3c(=O)c(C(=O)O)cn1c23. The summed E-state index contributed by atoms with van der Waals surface area (Å²) in [7, 11) is 1.71. The van der Waals surface area contributed by atoms with Crippen molar-refractivity contribution in [3.05, 3.63) is 46.0 Å². The van der Waals surface area contributed by atoms with Crippen LogP contribution >= 0.6 is 0 Å². The van der Waals surface area contributed by atoms with Crippen molar-refractivity contribution in [2.24, 2.45) is 23.5 Å². The zero-order valence-electron chi connectivity index (χ0n) is 16.5. The number of hydrogen-bond acceptors (Lipinski definition) is 6. The van der Waals surface area contributed by atoms with Crippen LogP contribution < -0.4 is 25.8 Å². The van der Waals surface area contributed by atoms with Crippen LogP contribution in [0.1, 0.15) is 16.8 Å². The van der Waals surface area contributed by atoms with E-state index in [1.54, 1.807) is 16.7 Å². The minimum Gasteiger partial charge on any atom is -0.477 e. The molecule has 158 valence electrons. The van der Waals surface area contributed by atoms with Crippen LogP contribution in [0.15, 0.2) is 29.2 Å². The number of ether oxygens (including phenoxy) is 1. The molecule has 9 heteroatoms. The highest BCUT2D eigenvalue weighted by molar-refractivity contribution is 5.97. The predicted molar refractivity (Wildman–Crippen MR) is 110 cm³/mol. The van der Waals surface area contributed by atoms with Crippen LogP contribution in [-0.2, 0) is 0 Å². The quantitative estimate of drug-likeness (QED) is 0.731. The molecule has 8 nitrogen and oxygen atoms in total. The maximum atomic E-state index is 15.4. The van der Waals surface area contributed by atoms with Crippen LogP contribution in [0.2, 0.25) is 0 Å². The van der Waals surface area contributed by atoms with E-state index in [1.807, 2.05) is 4.90 Å². The maximum absolute atomic E-state index is 15.4. The van der Waals surface area contributed by atoms with E-state index in [0.717, 1.165) is 12.5 Å². The van der Waals surface area contributed by atoms with Crippen molar-refractivity contribution < 1.29 is 19.0 Å². The summed E-state index contributed by atoms with van der Waals surface area (Å²) in [4.78, 5) is 26.2. The Bertz CT molecular complexity index is 1140. The Morgan fingerprint density at radius 3 is 2.93 bits per heavy atom. The van der Waals surface area contributed by atoms with Crippen LogP contribution in [0.25, 0.3) is 10.9 Å². The Kier molecular flexibility index (Phi) is 4.25. The van der Waals surface area contributed by atoms with Crippen LogP contribution in [0.3, 0.4) is 0 Å². The number of aromatic carboxylic acids is 1. The van der Waals surface area contributed by atoms with Crippen LogP contribution in [0.5, 0.6) is 5.75 Å². The molecule has 30 heavy (non-hydrogen) atoms. The van der Waals surface area contributed by atoms with Gasteiger partial charge in [-0.1, -0.05) is 12.2 Å². The first-order valence-electron chi connectivity index (χ1n) is 10.0. The summed E-state index contributed by atoms with van der Waals surface area (Å²) in [6, 6.07) is 1.14. The molecule has 3 atom stereocenters. The van der Waals surface area contributed by atoms with E-state index in [0.29, 0.717) is 42.7 Å². The molecule has 3 heterocycles. The third-order valence-electron chi connectivity index (χ3n) is 6.61. The lowest BCUT2D eigenvalue weighted by Crippen LogP contribution is -2.40. The summed E-state index contributed by atoms with van der Waals surface area (Å²) < 4.78 is 22.8. The van der Waals surface area contributed by atoms with Crippen LogP contribution in [0, 0.1) is 23.6 Å². The minimum absolute atomic E-state index is 0.00551. The molecule has 3 unspecified atom stereocenters. The first-order chi connectivity index (χ1) is 14.4. The van der Waals surface area contributed by atoms with Gasteiger partial charge >= 0.3 is 5.97 Å². The van der Waals surface area contributed by atoms with Gasteiger partial charge in [-0.2, -0.15) is 0 Å². The molecule has 0 saturated carbocycles. The molecule has 1 aliphatic carbocycles. The van der Waals surface area contributed by atoms with Gasteiger partial charge in [0.25, 0.3) is 0 Å². The molecule has 1 aromatic heterocycles. The Balaban J connectivity index is 1.69. The van der Waals surface area contributed by atoms with Crippen molar-refractivity contribution in [3.8, 4) is 5.75 Å². The van der Waals surface area contributed by atoms with Crippen LogP contribution in [0.4, 0.5) is 10.1 Å². The van der Waals surface area contributed by atoms with Gasteiger partial charge in [-0.25, -0.2) is 9.18 Å². The summed E-state index contributed by atoms with van der Waals surface area (Å²) in [5, 5.41) is 11.0. The van der Waals surface area contributed by atoms with Gasteiger partial charge in [0.1, 0.15) is 16.8 Å². The molecular formula is C21H23FN4O4. The lowest BCUT2D eigenvalue weighted by Gasteiger charge is -2.33. The number of aromatic nitrogens is 1. The zero-order valence-corrected chi connectivity index (χ0v) is 16.5. The molecule has 2 aliphatic heterocycles. The Morgan fingerprint density at radius 1 is 1.40 bits per heavy atom. The first-order valence-corrected chi connectivity index (χ1v) is 10.0. The van der Waals surface area contributed by atoms with E-state index >= 15 is 4.39 Å². The fourth-order valence-electron chi connectivity index (χ4n) is 5.08. The highest BCUT2D eigenvalue weighted by Gasteiger charge is 2.40. The molecule has 0 spiro atoms. The van der Waals surface area contributed by atoms with Gasteiger partial charge in [0.05, 0.1) is 5.39 Å². The second-order valence-electron chi connectivity index (χ2n) is 8.28. The van der Waals surface area contributed by atoms with Crippen molar-refractivity contribution in [2.75, 3.05) is 43.3 Å². The third kappa shape index (κ3) is 2.61. The van der Waals surface area contributed by atoms with Gasteiger partial charge in [-0.05, 0) is 36.8 Å². The van der Waals surface area contributed by atoms with E-state index < -0.39 is 22.8 Å². The number of halogens is 1. The zero-order chi connectivity index (χ0) is 21.2. The van der Waals surface area contributed by atoms with Crippen LogP contribution in [-0.4, -0.2) is 49.2 Å². The van der Waals surface area contributed by atoms with Crippen molar-refractivity contribution in [3.63, 3.8) is 0 Å². The topological polar surface area (TPSA) is 101 Å². The predicted octanol–water partition coefficient (Wildman–Crippen LogP) is 1.34. The summed E-state index contributed by atoms with van der Waals surface area (Å²) in [6.07, 6.45) is 6.54. The number of nitrogens with two attached hydrogens (primary N) is 1. The van der Waals surface area contributed by atoms with Gasteiger partial charge in [0.15, 0.2) is 18.3 Å². The lowest BCUT2D eigenvalue weighted by molar-refractivity contribution is 0.0694. The van der Waals surface area contributed by atoms with Crippen molar-refractivity contribution in [1.29, 1.82) is 0 Å². The Morgan fingerprint density at radius 2 is 2.20 bits per heavy atom. The fraction of sp³-hybridized carbons (Fsp3) is 0.429. The molecular weight excluding hydrogens is 391 g/mol. The molecule has 3 N–H and O–H groups in total. The largest absolute Gasteiger partial charge is 0.477 e. The number of fused-ring (bicyclic) bond motifs is 1. The minimum atomic E-state index is -1.35. The molecule has 1 saturated heterocycles. The highest BCUT2D eigenvalue weighted by Crippen LogP contribution is 2.45. The standard InChI is InChI=1S/C21H23FN4O4/c1-24-10-30-20-17-13(19(27)15(21(28)29)9-26(17)24)5-16(22)18(20)25-7-12-4-2-3-11(6-23)14(12)8-25/h2,4-5,9,11-12,14H,3,6-8,10,23H2,1H3,(H,28,29). The molecule has 0 amide bonds. The Labute approximate surface area is 171 Å². The third-order valence-corrected chi connectivity index (χ3v) is 6.61. The summed E-state index contributed by atoms with van der Waals surface area (Å²) >= 11 is 0. The molecule has 1 aromatic carbocycles. The van der Waals surface area contributed by atoms with Crippen molar-refractivity contribution in [2.45, 2.75) is 6.42 Å². The number of carboxylic acids is 1. The van der Waals surface area contributed by atoms with Gasteiger partial charge < -0.3 is 20.5 Å². The van der Waals surface area contributed by atoms with Gasteiger partial charge in [0, 0.05) is 26.3 Å². The number of carbonyl (C=O) groups is 1. The molecule has 1 fully saturated rings. The number of nitrogens with zero attached hydrogens (tertiary/aromatic N) is 3. The normalized spacial score (nSPS) is 24.8. The van der Waals surface area contributed by atoms with E-state index in [2.05, 4.69) is 12.2 Å². The number of allylic oxidation sites excluding steroid dienone is 1. The van der Waals surface area contributed by atoms with Gasteiger partial charge in [0.2, 0.25) is 5.43 Å². The average Bonchev–Trinajstić information content (AvgIpc) is 3.15. The fourth-order valence-corrected chi connectivity index (χ4v) is 5.08. The Hall–Kier alpha value is -3.07. The highest BCUT2D eigenvalue weighted by atomic mass is 19.1. The maximum Gasteiger partial charge on any atom is 0.341 e. The summed E-state index contributed by atoms with van der Waals surface area (Å²) in [5.74, 6) is -0.667. The van der Waals surface area contributed by atoms with E-state index in [9.17, 15) is 14.7 Å². The smallest absolute Gasteiger partial charge is 0.341 e. The number of carboxylic acid groups (broad SMARTS) is 1. The lowest BCUT2D eigenvalue weighted by atomic mass is 9.78. The molecule has 0 bridgehead atoms. The monoisotopic (exact) mass is 414 g/mol. The number of benzene rings is 1. The van der Waals surface area contributed by atoms with Gasteiger partial charge in [-0.3, -0.25) is 14.5 Å². The van der Waals surface area contributed by atoms with E-state index in [-0.39, 0.29) is 23.8 Å². The summed E-state index contributed by atoms with van der Waals surface area (Å²) in [6.45, 7) is 1.99. The molecule has 0 radical (unpaired) electrons. The van der Waals surface area contributed by atoms with Gasteiger partial charge in [-0.15, -0.1) is 0 Å². The molecule has 2 aromatic rings. The van der Waals surface area contributed by atoms with Crippen molar-refractivity contribution >= 4 is 22.6 Å². The van der Waals surface area contributed by atoms with E-state index in [4.69, 9.17) is 10.5 Å². The first kappa shape index (κ1) is 18.9. The summed E-state index contributed by atoms with van der Waals surface area (Å²) in [5.41, 5.74) is 5.54. The number of rotatable bonds is 3. The molecule has 3 aliphatic rings.